The van der Waals surface area contributed by atoms with Gasteiger partial charge in [-0.25, -0.2) is 4.39 Å². The van der Waals surface area contributed by atoms with Gasteiger partial charge in [-0.1, -0.05) is 36.4 Å². The van der Waals surface area contributed by atoms with Gasteiger partial charge in [-0.3, -0.25) is 4.79 Å². The molecule has 1 aliphatic rings. The standard InChI is InChI=1S/C24H27FN2O2/c1-26-16-18(21-7-3-5-9-23(21)26)10-11-24(28)27-14-12-20(13-15-27)29-17-19-6-2-4-8-22(19)25/h2-9,16,20H,10-15,17H2,1H3. The van der Waals surface area contributed by atoms with E-state index < -0.39 is 0 Å². The summed E-state index contributed by atoms with van der Waals surface area (Å²) in [5.41, 5.74) is 3.00. The third kappa shape index (κ3) is 4.51. The lowest BCUT2D eigenvalue weighted by molar-refractivity contribution is -0.134. The van der Waals surface area contributed by atoms with Crippen LogP contribution in [0.5, 0.6) is 0 Å². The Kier molecular flexibility index (Phi) is 5.95. The SMILES string of the molecule is Cn1cc(CCC(=O)N2CCC(OCc3ccccc3F)CC2)c2ccccc21. The first-order chi connectivity index (χ1) is 14.1. The van der Waals surface area contributed by atoms with Crippen LogP contribution in [0.4, 0.5) is 4.39 Å². The molecule has 1 aromatic heterocycles. The van der Waals surface area contributed by atoms with Crippen molar-refractivity contribution in [3.05, 3.63) is 71.7 Å². The quantitative estimate of drug-likeness (QED) is 0.619. The Balaban J connectivity index is 1.25. The first kappa shape index (κ1) is 19.6. The van der Waals surface area contributed by atoms with E-state index in [-0.39, 0.29) is 24.4 Å². The molecule has 5 heteroatoms. The molecule has 0 N–H and O–H groups in total. The van der Waals surface area contributed by atoms with Crippen LogP contribution in [0.3, 0.4) is 0 Å². The molecule has 152 valence electrons. The lowest BCUT2D eigenvalue weighted by Gasteiger charge is -2.32. The van der Waals surface area contributed by atoms with Crippen molar-refractivity contribution in [3.8, 4) is 0 Å². The number of aryl methyl sites for hydroxylation is 2. The minimum absolute atomic E-state index is 0.0803. The maximum absolute atomic E-state index is 13.7. The van der Waals surface area contributed by atoms with E-state index in [0.29, 0.717) is 25.1 Å². The smallest absolute Gasteiger partial charge is 0.222 e. The normalized spacial score (nSPS) is 15.2. The van der Waals surface area contributed by atoms with Crippen molar-refractivity contribution >= 4 is 16.8 Å². The van der Waals surface area contributed by atoms with Gasteiger partial charge in [0.05, 0.1) is 12.7 Å². The summed E-state index contributed by atoms with van der Waals surface area (Å²) in [6, 6.07) is 15.0. The maximum atomic E-state index is 13.7. The minimum Gasteiger partial charge on any atom is -0.373 e. The average Bonchev–Trinajstić information content (AvgIpc) is 3.08. The van der Waals surface area contributed by atoms with Crippen molar-refractivity contribution in [1.29, 1.82) is 0 Å². The second-order valence-corrected chi connectivity index (χ2v) is 7.76. The number of rotatable bonds is 6. The average molecular weight is 394 g/mol. The zero-order valence-corrected chi connectivity index (χ0v) is 16.8. The molecule has 0 bridgehead atoms. The van der Waals surface area contributed by atoms with Crippen molar-refractivity contribution in [2.75, 3.05) is 13.1 Å². The van der Waals surface area contributed by atoms with Crippen LogP contribution in [0.25, 0.3) is 10.9 Å². The summed E-state index contributed by atoms with van der Waals surface area (Å²) in [4.78, 5) is 14.6. The Morgan fingerprint density at radius 2 is 1.79 bits per heavy atom. The molecule has 0 saturated carbocycles. The highest BCUT2D eigenvalue weighted by atomic mass is 19.1. The molecule has 2 aromatic carbocycles. The molecule has 1 fully saturated rings. The second-order valence-electron chi connectivity index (χ2n) is 7.76. The number of fused-ring (bicyclic) bond motifs is 1. The third-order valence-electron chi connectivity index (χ3n) is 5.81. The van der Waals surface area contributed by atoms with Gasteiger partial charge >= 0.3 is 0 Å². The molecule has 4 rings (SSSR count). The molecule has 3 aromatic rings. The summed E-state index contributed by atoms with van der Waals surface area (Å²) in [6.07, 6.45) is 5.08. The molecule has 0 unspecified atom stereocenters. The lowest BCUT2D eigenvalue weighted by atomic mass is 10.0. The number of carbonyl (C=O) groups is 1. The largest absolute Gasteiger partial charge is 0.373 e. The van der Waals surface area contributed by atoms with Gasteiger partial charge in [0.25, 0.3) is 0 Å². The van der Waals surface area contributed by atoms with E-state index in [4.69, 9.17) is 4.74 Å². The molecule has 0 atom stereocenters. The van der Waals surface area contributed by atoms with E-state index in [9.17, 15) is 9.18 Å². The first-order valence-corrected chi connectivity index (χ1v) is 10.3. The van der Waals surface area contributed by atoms with E-state index in [1.54, 1.807) is 12.1 Å². The van der Waals surface area contributed by atoms with Gasteiger partial charge < -0.3 is 14.2 Å². The Morgan fingerprint density at radius 3 is 2.59 bits per heavy atom. The first-order valence-electron chi connectivity index (χ1n) is 10.3. The Hall–Kier alpha value is -2.66. The molecule has 4 nitrogen and oxygen atoms in total. The summed E-state index contributed by atoms with van der Waals surface area (Å²) in [7, 11) is 2.04. The fraction of sp³-hybridized carbons (Fsp3) is 0.375. The Bertz CT molecular complexity index is 989. The van der Waals surface area contributed by atoms with Crippen LogP contribution in [0.1, 0.15) is 30.4 Å². The number of para-hydroxylation sites is 1. The molecule has 1 saturated heterocycles. The van der Waals surface area contributed by atoms with Crippen molar-refractivity contribution in [3.63, 3.8) is 0 Å². The number of hydrogen-bond donors (Lipinski definition) is 0. The van der Waals surface area contributed by atoms with Crippen LogP contribution in [0.15, 0.2) is 54.7 Å². The summed E-state index contributed by atoms with van der Waals surface area (Å²) < 4.78 is 21.7. The van der Waals surface area contributed by atoms with Gasteiger partial charge in [0.2, 0.25) is 5.91 Å². The fourth-order valence-corrected chi connectivity index (χ4v) is 4.12. The molecule has 1 aliphatic heterocycles. The Morgan fingerprint density at radius 1 is 1.07 bits per heavy atom. The molecular weight excluding hydrogens is 367 g/mol. The van der Waals surface area contributed by atoms with Gasteiger partial charge in [-0.15, -0.1) is 0 Å². The number of piperidine rings is 1. The number of hydrogen-bond acceptors (Lipinski definition) is 2. The number of amides is 1. The molecular formula is C24H27FN2O2. The van der Waals surface area contributed by atoms with Crippen molar-refractivity contribution in [2.45, 2.75) is 38.4 Å². The second kappa shape index (κ2) is 8.78. The van der Waals surface area contributed by atoms with Gasteiger partial charge in [-0.2, -0.15) is 0 Å². The van der Waals surface area contributed by atoms with E-state index in [1.807, 2.05) is 30.1 Å². The highest BCUT2D eigenvalue weighted by Crippen LogP contribution is 2.23. The van der Waals surface area contributed by atoms with E-state index in [2.05, 4.69) is 22.9 Å². The van der Waals surface area contributed by atoms with Crippen LogP contribution >= 0.6 is 0 Å². The maximum Gasteiger partial charge on any atom is 0.222 e. The van der Waals surface area contributed by atoms with Crippen LogP contribution < -0.4 is 0 Å². The van der Waals surface area contributed by atoms with Crippen LogP contribution in [-0.4, -0.2) is 34.6 Å². The summed E-state index contributed by atoms with van der Waals surface area (Å²) in [5, 5.41) is 1.23. The number of aromatic nitrogens is 1. The fourth-order valence-electron chi connectivity index (χ4n) is 4.12. The molecule has 0 radical (unpaired) electrons. The summed E-state index contributed by atoms with van der Waals surface area (Å²) >= 11 is 0. The molecule has 29 heavy (non-hydrogen) atoms. The van der Waals surface area contributed by atoms with E-state index in [0.717, 1.165) is 19.3 Å². The lowest BCUT2D eigenvalue weighted by Crippen LogP contribution is -2.41. The topological polar surface area (TPSA) is 34.5 Å². The van der Waals surface area contributed by atoms with Gasteiger partial charge in [0, 0.05) is 49.2 Å². The van der Waals surface area contributed by atoms with Crippen molar-refractivity contribution in [1.82, 2.24) is 9.47 Å². The van der Waals surface area contributed by atoms with Gasteiger partial charge in [0.15, 0.2) is 0 Å². The highest BCUT2D eigenvalue weighted by molar-refractivity contribution is 5.85. The summed E-state index contributed by atoms with van der Waals surface area (Å²) in [5.74, 6) is -0.0287. The number of carbonyl (C=O) groups excluding carboxylic acids is 1. The van der Waals surface area contributed by atoms with E-state index in [1.165, 1.54) is 22.5 Å². The highest BCUT2D eigenvalue weighted by Gasteiger charge is 2.23. The minimum atomic E-state index is -0.228. The number of benzene rings is 2. The molecule has 2 heterocycles. The number of halogens is 1. The van der Waals surface area contributed by atoms with Gasteiger partial charge in [-0.05, 0) is 37.0 Å². The van der Waals surface area contributed by atoms with Crippen molar-refractivity contribution < 1.29 is 13.9 Å². The molecule has 0 spiro atoms. The Labute approximate surface area is 170 Å². The van der Waals surface area contributed by atoms with Crippen molar-refractivity contribution in [2.24, 2.45) is 7.05 Å². The van der Waals surface area contributed by atoms with Gasteiger partial charge in [0.1, 0.15) is 5.82 Å². The van der Waals surface area contributed by atoms with E-state index >= 15 is 0 Å². The zero-order chi connectivity index (χ0) is 20.2. The molecule has 0 aliphatic carbocycles. The predicted molar refractivity (Wildman–Crippen MR) is 112 cm³/mol. The van der Waals surface area contributed by atoms with Crippen LogP contribution in [0.2, 0.25) is 0 Å². The number of nitrogens with zero attached hydrogens (tertiary/aromatic N) is 2. The predicted octanol–water partition coefficient (Wildman–Crippen LogP) is 4.46. The summed E-state index contributed by atoms with van der Waals surface area (Å²) in [6.45, 7) is 1.69. The molecule has 1 amide bonds. The number of likely N-dealkylation sites (tertiary alicyclic amines) is 1. The monoisotopic (exact) mass is 394 g/mol. The zero-order valence-electron chi connectivity index (χ0n) is 16.8. The third-order valence-corrected chi connectivity index (χ3v) is 5.81. The van der Waals surface area contributed by atoms with Crippen LogP contribution in [0, 0.1) is 5.82 Å². The van der Waals surface area contributed by atoms with Crippen LogP contribution in [-0.2, 0) is 29.6 Å². The number of ether oxygens (including phenoxy) is 1.